The number of ether oxygens (including phenoxy) is 3. The quantitative estimate of drug-likeness (QED) is 0.0905. The van der Waals surface area contributed by atoms with Gasteiger partial charge in [-0.15, -0.1) is 0 Å². The summed E-state index contributed by atoms with van der Waals surface area (Å²) in [7, 11) is -5.12. The third kappa shape index (κ3) is 10.4. The highest BCUT2D eigenvalue weighted by Gasteiger charge is 2.43. The minimum absolute atomic E-state index is 0.247. The lowest BCUT2D eigenvalue weighted by atomic mass is 9.83. The number of benzene rings is 1. The first-order valence-electron chi connectivity index (χ1n) is 16.9. The smallest absolute Gasteiger partial charge is 0.505 e. The van der Waals surface area contributed by atoms with Crippen LogP contribution in [0.15, 0.2) is 11.5 Å². The molecular weight excluding hydrogens is 611 g/mol. The van der Waals surface area contributed by atoms with E-state index >= 15 is 0 Å². The number of phosphoric ester groups is 1. The second kappa shape index (κ2) is 16.2. The monoisotopic (exact) mass is 668 g/mol. The van der Waals surface area contributed by atoms with E-state index in [1.807, 2.05) is 20.8 Å². The maximum atomic E-state index is 12.0. The van der Waals surface area contributed by atoms with Gasteiger partial charge in [0.25, 0.3) is 5.76 Å². The van der Waals surface area contributed by atoms with Crippen molar-refractivity contribution >= 4 is 13.8 Å². The first kappa shape index (κ1) is 38.2. The summed E-state index contributed by atoms with van der Waals surface area (Å²) < 4.78 is 33.0. The number of aliphatic hydroxyl groups is 2. The predicted octanol–water partition coefficient (Wildman–Crippen LogP) is 7.68. The summed E-state index contributed by atoms with van der Waals surface area (Å²) in [6.07, 6.45) is 9.87. The molecule has 0 aromatic heterocycles. The normalized spacial score (nSPS) is 21.9. The molecule has 11 heteroatoms. The Kier molecular flexibility index (Phi) is 13.5. The fourth-order valence-corrected chi connectivity index (χ4v) is 7.06. The molecule has 0 bridgehead atoms. The molecule has 1 aromatic rings. The highest BCUT2D eigenvalue weighted by atomic mass is 31.2. The minimum Gasteiger partial charge on any atom is -0.505 e. The van der Waals surface area contributed by atoms with E-state index in [1.54, 1.807) is 0 Å². The largest absolute Gasteiger partial charge is 0.525 e. The molecule has 2 heterocycles. The lowest BCUT2D eigenvalue weighted by Crippen LogP contribution is -2.37. The van der Waals surface area contributed by atoms with Crippen LogP contribution in [0.4, 0.5) is 0 Å². The molecule has 0 unspecified atom stereocenters. The summed E-state index contributed by atoms with van der Waals surface area (Å²) in [6, 6.07) is 0. The van der Waals surface area contributed by atoms with Crippen LogP contribution in [0.1, 0.15) is 121 Å². The van der Waals surface area contributed by atoms with Crippen molar-refractivity contribution in [3.63, 3.8) is 0 Å². The van der Waals surface area contributed by atoms with Crippen molar-refractivity contribution in [2.24, 2.45) is 17.8 Å². The fraction of sp³-hybridized carbons (Fsp3) is 0.743. The number of cyclic esters (lactones) is 1. The van der Waals surface area contributed by atoms with E-state index in [0.29, 0.717) is 11.7 Å². The van der Waals surface area contributed by atoms with Crippen LogP contribution in [0.25, 0.3) is 0 Å². The summed E-state index contributed by atoms with van der Waals surface area (Å²) >= 11 is 0. The van der Waals surface area contributed by atoms with E-state index in [1.165, 1.54) is 44.9 Å². The second-order valence-electron chi connectivity index (χ2n) is 14.4. The van der Waals surface area contributed by atoms with Gasteiger partial charge in [0.05, 0.1) is 0 Å². The van der Waals surface area contributed by atoms with Gasteiger partial charge in [0.1, 0.15) is 29.8 Å². The van der Waals surface area contributed by atoms with Crippen LogP contribution in [0, 0.1) is 38.5 Å². The van der Waals surface area contributed by atoms with Crippen LogP contribution < -0.4 is 9.47 Å². The van der Waals surface area contributed by atoms with Crippen LogP contribution in [-0.2, 0) is 25.0 Å². The van der Waals surface area contributed by atoms with E-state index in [-0.39, 0.29) is 12.2 Å². The van der Waals surface area contributed by atoms with E-state index in [0.717, 1.165) is 65.5 Å². The number of aliphatic hydroxyl groups excluding tert-OH is 2. The number of hydrogen-bond acceptors (Lipinski definition) is 8. The molecule has 0 saturated heterocycles. The summed E-state index contributed by atoms with van der Waals surface area (Å²) in [6.45, 7) is 17.1. The summed E-state index contributed by atoms with van der Waals surface area (Å²) in [5.74, 6) is 0.575. The molecule has 0 fully saturated rings. The van der Waals surface area contributed by atoms with E-state index in [4.69, 9.17) is 24.0 Å². The van der Waals surface area contributed by atoms with Gasteiger partial charge in [-0.2, -0.15) is 0 Å². The average Bonchev–Trinajstić information content (AvgIpc) is 3.23. The standard InChI is InChI=1S/C35H57O10P/c1-21(2)12-9-13-22(3)14-10-15-23(4)16-11-18-35(8)19-17-27-26(7)30(24(5)25(6)31(27)44-35)42-20-28(36)32-29(37)33(34(38)43-32)45-46(39,40)41/h21-23,28,32,36-37H,9-20H2,1-8H3,(H2,39,40,41)/t22-,23-,28+,32-,35-/m1/s1. The van der Waals surface area contributed by atoms with Crippen LogP contribution in [-0.4, -0.2) is 50.4 Å². The Balaban J connectivity index is 1.54. The zero-order chi connectivity index (χ0) is 34.4. The molecule has 0 spiro atoms. The molecule has 5 atom stereocenters. The molecule has 0 amide bonds. The van der Waals surface area contributed by atoms with Gasteiger partial charge in [-0.25, -0.2) is 9.36 Å². The molecule has 46 heavy (non-hydrogen) atoms. The third-order valence-corrected chi connectivity index (χ3v) is 10.1. The summed E-state index contributed by atoms with van der Waals surface area (Å²) in [5, 5.41) is 20.9. The van der Waals surface area contributed by atoms with Crippen molar-refractivity contribution in [3.05, 3.63) is 33.8 Å². The van der Waals surface area contributed by atoms with Crippen molar-refractivity contribution < 1.29 is 48.1 Å². The number of rotatable bonds is 18. The van der Waals surface area contributed by atoms with Crippen molar-refractivity contribution in [3.8, 4) is 11.5 Å². The molecule has 3 rings (SSSR count). The van der Waals surface area contributed by atoms with Crippen molar-refractivity contribution in [2.75, 3.05) is 6.61 Å². The maximum absolute atomic E-state index is 12.0. The topological polar surface area (TPSA) is 152 Å². The Morgan fingerprint density at radius 2 is 1.52 bits per heavy atom. The SMILES string of the molecule is Cc1c(C)c2c(c(C)c1OC[C@H](O)[C@H]1OC(=O)C(OP(=O)(O)O)=C1O)CC[C@@](C)(CCC[C@H](C)CCC[C@H](C)CCCC(C)C)O2. The first-order chi connectivity index (χ1) is 21.4. The van der Waals surface area contributed by atoms with Gasteiger partial charge in [0.2, 0.25) is 0 Å². The van der Waals surface area contributed by atoms with Gasteiger partial charge in [-0.1, -0.05) is 72.6 Å². The molecule has 2 aliphatic rings. The number of esters is 1. The summed E-state index contributed by atoms with van der Waals surface area (Å²) in [4.78, 5) is 29.9. The Hall–Kier alpha value is -2.26. The van der Waals surface area contributed by atoms with Gasteiger partial charge in [0.15, 0.2) is 11.9 Å². The van der Waals surface area contributed by atoms with Crippen LogP contribution in [0.3, 0.4) is 0 Å². The van der Waals surface area contributed by atoms with Crippen molar-refractivity contribution in [1.29, 1.82) is 0 Å². The minimum atomic E-state index is -5.12. The zero-order valence-electron chi connectivity index (χ0n) is 29.1. The van der Waals surface area contributed by atoms with Gasteiger partial charge in [-0.3, -0.25) is 9.79 Å². The van der Waals surface area contributed by atoms with E-state index < -0.39 is 37.5 Å². The maximum Gasteiger partial charge on any atom is 0.525 e. The van der Waals surface area contributed by atoms with E-state index in [2.05, 4.69) is 39.1 Å². The molecule has 10 nitrogen and oxygen atoms in total. The van der Waals surface area contributed by atoms with Crippen molar-refractivity contribution in [1.82, 2.24) is 0 Å². The second-order valence-corrected chi connectivity index (χ2v) is 15.6. The van der Waals surface area contributed by atoms with E-state index in [9.17, 15) is 19.6 Å². The van der Waals surface area contributed by atoms with Crippen molar-refractivity contribution in [2.45, 2.75) is 144 Å². The zero-order valence-corrected chi connectivity index (χ0v) is 30.0. The third-order valence-electron chi connectivity index (χ3n) is 9.72. The molecule has 262 valence electrons. The molecule has 0 radical (unpaired) electrons. The molecule has 2 aliphatic heterocycles. The molecule has 0 aliphatic carbocycles. The highest BCUT2D eigenvalue weighted by Crippen LogP contribution is 2.46. The van der Waals surface area contributed by atoms with Gasteiger partial charge in [0, 0.05) is 5.56 Å². The summed E-state index contributed by atoms with van der Waals surface area (Å²) in [5.41, 5.74) is 3.53. The number of carbonyl (C=O) groups excluding carboxylic acids is 1. The van der Waals surface area contributed by atoms with Gasteiger partial charge >= 0.3 is 13.8 Å². The molecular formula is C35H57O10P. The van der Waals surface area contributed by atoms with Gasteiger partial charge < -0.3 is 28.9 Å². The Bertz CT molecular complexity index is 1280. The number of phosphoric acid groups is 1. The lowest BCUT2D eigenvalue weighted by Gasteiger charge is -2.38. The molecule has 4 N–H and O–H groups in total. The number of carbonyl (C=O) groups is 1. The number of hydrogen-bond donors (Lipinski definition) is 4. The molecule has 1 aromatic carbocycles. The Labute approximate surface area is 275 Å². The Morgan fingerprint density at radius 1 is 0.935 bits per heavy atom. The van der Waals surface area contributed by atoms with Crippen LogP contribution >= 0.6 is 7.82 Å². The number of fused-ring (bicyclic) bond motifs is 1. The van der Waals surface area contributed by atoms with Crippen LogP contribution in [0.2, 0.25) is 0 Å². The highest BCUT2D eigenvalue weighted by molar-refractivity contribution is 7.46. The van der Waals surface area contributed by atoms with Crippen LogP contribution in [0.5, 0.6) is 11.5 Å². The average molecular weight is 669 g/mol. The first-order valence-corrected chi connectivity index (χ1v) is 18.5. The van der Waals surface area contributed by atoms with Gasteiger partial charge in [-0.05, 0) is 87.8 Å². The lowest BCUT2D eigenvalue weighted by molar-refractivity contribution is -0.147. The Morgan fingerprint density at radius 3 is 2.11 bits per heavy atom. The predicted molar refractivity (Wildman–Crippen MR) is 177 cm³/mol. The fourth-order valence-electron chi connectivity index (χ4n) is 6.65. The molecule has 0 saturated carbocycles.